The number of rotatable bonds is 3. The molecule has 7 heteroatoms. The fourth-order valence-corrected chi connectivity index (χ4v) is 3.37. The molecule has 1 aliphatic heterocycles. The SMILES string of the molecule is [CH2]CCNC(=O)C1=C(O)c2ccccc2S(=O)(=O)N1C. The van der Waals surface area contributed by atoms with Crippen LogP contribution < -0.4 is 5.32 Å². The lowest BCUT2D eigenvalue weighted by Crippen LogP contribution is -2.40. The molecule has 107 valence electrons. The van der Waals surface area contributed by atoms with E-state index in [0.717, 1.165) is 4.31 Å². The lowest BCUT2D eigenvalue weighted by molar-refractivity contribution is -0.118. The molecule has 0 saturated heterocycles. The zero-order chi connectivity index (χ0) is 14.9. The summed E-state index contributed by atoms with van der Waals surface area (Å²) in [6, 6.07) is 6.01. The van der Waals surface area contributed by atoms with Gasteiger partial charge in [-0.25, -0.2) is 8.42 Å². The first-order chi connectivity index (χ1) is 9.41. The first-order valence-electron chi connectivity index (χ1n) is 6.00. The molecule has 1 amide bonds. The molecule has 0 aromatic heterocycles. The molecule has 0 fully saturated rings. The summed E-state index contributed by atoms with van der Waals surface area (Å²) in [6.07, 6.45) is 0.465. The van der Waals surface area contributed by atoms with Crippen molar-refractivity contribution in [1.82, 2.24) is 9.62 Å². The molecule has 2 N–H and O–H groups in total. The van der Waals surface area contributed by atoms with Gasteiger partial charge in [0, 0.05) is 19.2 Å². The van der Waals surface area contributed by atoms with Gasteiger partial charge in [0.25, 0.3) is 15.9 Å². The van der Waals surface area contributed by atoms with Gasteiger partial charge in [0.2, 0.25) is 0 Å². The van der Waals surface area contributed by atoms with E-state index >= 15 is 0 Å². The Hall–Kier alpha value is -2.02. The minimum absolute atomic E-state index is 0.0197. The van der Waals surface area contributed by atoms with E-state index in [0.29, 0.717) is 13.0 Å². The van der Waals surface area contributed by atoms with Crippen molar-refractivity contribution in [2.75, 3.05) is 13.6 Å². The van der Waals surface area contributed by atoms with E-state index in [4.69, 9.17) is 0 Å². The third-order valence-corrected chi connectivity index (χ3v) is 4.81. The standard InChI is InChI=1S/C13H15N2O4S/c1-3-8-14-13(17)11-12(16)9-6-4-5-7-10(9)20(18,19)15(11)2/h4-7,16H,1,3,8H2,2H3,(H,14,17). The Morgan fingerprint density at radius 1 is 1.40 bits per heavy atom. The quantitative estimate of drug-likeness (QED) is 0.867. The lowest BCUT2D eigenvalue weighted by atomic mass is 10.1. The van der Waals surface area contributed by atoms with Crippen LogP contribution in [0.3, 0.4) is 0 Å². The minimum atomic E-state index is -3.83. The number of sulfonamides is 1. The van der Waals surface area contributed by atoms with Gasteiger partial charge in [-0.15, -0.1) is 0 Å². The van der Waals surface area contributed by atoms with Crippen LogP contribution in [0.15, 0.2) is 34.9 Å². The molecule has 1 heterocycles. The van der Waals surface area contributed by atoms with Crippen LogP contribution >= 0.6 is 0 Å². The van der Waals surface area contributed by atoms with Gasteiger partial charge < -0.3 is 10.4 Å². The second kappa shape index (κ2) is 5.16. The average molecular weight is 295 g/mol. The van der Waals surface area contributed by atoms with Gasteiger partial charge in [0.15, 0.2) is 11.5 Å². The molecular formula is C13H15N2O4S. The Morgan fingerprint density at radius 3 is 2.70 bits per heavy atom. The number of carbonyl (C=O) groups is 1. The number of aliphatic hydroxyl groups excluding tert-OH is 1. The first-order valence-corrected chi connectivity index (χ1v) is 7.44. The van der Waals surface area contributed by atoms with Gasteiger partial charge in [-0.05, 0) is 18.6 Å². The fourth-order valence-electron chi connectivity index (χ4n) is 1.97. The molecule has 1 aliphatic rings. The summed E-state index contributed by atoms with van der Waals surface area (Å²) in [7, 11) is -2.60. The zero-order valence-corrected chi connectivity index (χ0v) is 11.8. The third kappa shape index (κ3) is 2.14. The summed E-state index contributed by atoms with van der Waals surface area (Å²) in [5.41, 5.74) is -0.150. The van der Waals surface area contributed by atoms with Crippen LogP contribution in [-0.4, -0.2) is 37.3 Å². The van der Waals surface area contributed by atoms with Gasteiger partial charge in [-0.1, -0.05) is 19.1 Å². The molecule has 0 spiro atoms. The molecule has 0 saturated carbocycles. The van der Waals surface area contributed by atoms with Gasteiger partial charge in [0.05, 0.1) is 4.90 Å². The maximum atomic E-state index is 12.3. The highest BCUT2D eigenvalue weighted by molar-refractivity contribution is 7.89. The molecule has 1 aromatic carbocycles. The van der Waals surface area contributed by atoms with Crippen molar-refractivity contribution in [1.29, 1.82) is 0 Å². The number of likely N-dealkylation sites (N-methyl/N-ethyl adjacent to an activating group) is 1. The van der Waals surface area contributed by atoms with Gasteiger partial charge >= 0.3 is 0 Å². The topological polar surface area (TPSA) is 86.7 Å². The lowest BCUT2D eigenvalue weighted by Gasteiger charge is -2.28. The van der Waals surface area contributed by atoms with E-state index in [1.165, 1.54) is 19.2 Å². The van der Waals surface area contributed by atoms with E-state index in [1.807, 2.05) is 0 Å². The largest absolute Gasteiger partial charge is 0.505 e. The van der Waals surface area contributed by atoms with Crippen LogP contribution in [0.5, 0.6) is 0 Å². The van der Waals surface area contributed by atoms with Crippen molar-refractivity contribution in [2.45, 2.75) is 11.3 Å². The first kappa shape index (κ1) is 14.4. The Balaban J connectivity index is 2.60. The molecule has 0 aliphatic carbocycles. The molecular weight excluding hydrogens is 280 g/mol. The Morgan fingerprint density at radius 2 is 2.05 bits per heavy atom. The number of hydrogen-bond donors (Lipinski definition) is 2. The van der Waals surface area contributed by atoms with Crippen LogP contribution in [0.25, 0.3) is 5.76 Å². The van der Waals surface area contributed by atoms with Gasteiger partial charge in [0.1, 0.15) is 0 Å². The van der Waals surface area contributed by atoms with Crippen molar-refractivity contribution in [3.05, 3.63) is 42.4 Å². The summed E-state index contributed by atoms with van der Waals surface area (Å²) >= 11 is 0. The summed E-state index contributed by atoms with van der Waals surface area (Å²) in [6.45, 7) is 3.88. The van der Waals surface area contributed by atoms with Crippen LogP contribution in [0, 0.1) is 6.92 Å². The normalized spacial score (nSPS) is 16.8. The molecule has 0 bridgehead atoms. The average Bonchev–Trinajstić information content (AvgIpc) is 2.43. The number of amides is 1. The predicted molar refractivity (Wildman–Crippen MR) is 73.9 cm³/mol. The number of carbonyl (C=O) groups excluding carboxylic acids is 1. The highest BCUT2D eigenvalue weighted by atomic mass is 32.2. The molecule has 0 unspecified atom stereocenters. The number of nitrogens with one attached hydrogen (secondary N) is 1. The molecule has 20 heavy (non-hydrogen) atoms. The third-order valence-electron chi connectivity index (χ3n) is 3.00. The summed E-state index contributed by atoms with van der Waals surface area (Å²) in [5, 5.41) is 12.7. The fraction of sp³-hybridized carbons (Fsp3) is 0.231. The van der Waals surface area contributed by atoms with E-state index in [2.05, 4.69) is 12.2 Å². The van der Waals surface area contributed by atoms with Crippen molar-refractivity contribution >= 4 is 21.7 Å². The highest BCUT2D eigenvalue weighted by Crippen LogP contribution is 2.34. The minimum Gasteiger partial charge on any atom is -0.505 e. The second-order valence-electron chi connectivity index (χ2n) is 4.28. The van der Waals surface area contributed by atoms with Crippen molar-refractivity contribution in [2.24, 2.45) is 0 Å². The predicted octanol–water partition coefficient (Wildman–Crippen LogP) is 0.888. The highest BCUT2D eigenvalue weighted by Gasteiger charge is 2.37. The smallest absolute Gasteiger partial charge is 0.272 e. The van der Waals surface area contributed by atoms with Crippen molar-refractivity contribution in [3.8, 4) is 0 Å². The van der Waals surface area contributed by atoms with E-state index in [9.17, 15) is 18.3 Å². The number of nitrogens with zero attached hydrogens (tertiary/aromatic N) is 1. The Bertz CT molecular complexity index is 679. The summed E-state index contributed by atoms with van der Waals surface area (Å²) < 4.78 is 25.4. The molecule has 1 radical (unpaired) electrons. The Labute approximate surface area is 117 Å². The number of benzene rings is 1. The maximum absolute atomic E-state index is 12.3. The monoisotopic (exact) mass is 295 g/mol. The summed E-state index contributed by atoms with van der Waals surface area (Å²) in [5.74, 6) is -0.994. The number of hydrogen-bond acceptors (Lipinski definition) is 4. The van der Waals surface area contributed by atoms with E-state index in [-0.39, 0.29) is 21.9 Å². The van der Waals surface area contributed by atoms with Gasteiger partial charge in [-0.3, -0.25) is 9.10 Å². The van der Waals surface area contributed by atoms with E-state index in [1.54, 1.807) is 12.1 Å². The molecule has 1 aromatic rings. The molecule has 2 rings (SSSR count). The van der Waals surface area contributed by atoms with E-state index < -0.39 is 15.9 Å². The second-order valence-corrected chi connectivity index (χ2v) is 6.21. The van der Waals surface area contributed by atoms with Crippen LogP contribution in [0.1, 0.15) is 12.0 Å². The van der Waals surface area contributed by atoms with Crippen molar-refractivity contribution < 1.29 is 18.3 Å². The number of aliphatic hydroxyl groups is 1. The van der Waals surface area contributed by atoms with Gasteiger partial charge in [-0.2, -0.15) is 0 Å². The van der Waals surface area contributed by atoms with Crippen LogP contribution in [0.4, 0.5) is 0 Å². The van der Waals surface area contributed by atoms with Crippen LogP contribution in [-0.2, 0) is 14.8 Å². The summed E-state index contributed by atoms with van der Waals surface area (Å²) in [4.78, 5) is 12.0. The maximum Gasteiger partial charge on any atom is 0.272 e. The zero-order valence-electron chi connectivity index (χ0n) is 11.0. The number of fused-ring (bicyclic) bond motifs is 1. The van der Waals surface area contributed by atoms with Crippen LogP contribution in [0.2, 0.25) is 0 Å². The Kier molecular flexibility index (Phi) is 3.71. The molecule has 6 nitrogen and oxygen atoms in total. The molecule has 0 atom stereocenters. The van der Waals surface area contributed by atoms with Crippen molar-refractivity contribution in [3.63, 3.8) is 0 Å².